The number of benzene rings is 2. The summed E-state index contributed by atoms with van der Waals surface area (Å²) in [5, 5.41) is 20.8. The van der Waals surface area contributed by atoms with Crippen LogP contribution in [0.2, 0.25) is 0 Å². The van der Waals surface area contributed by atoms with Gasteiger partial charge in [-0.1, -0.05) is 124 Å². The van der Waals surface area contributed by atoms with Crippen LogP contribution < -0.4 is 0 Å². The van der Waals surface area contributed by atoms with Gasteiger partial charge in [0.05, 0.1) is 5.75 Å². The van der Waals surface area contributed by atoms with Crippen molar-refractivity contribution in [1.29, 1.82) is 0 Å². The fourth-order valence-corrected chi connectivity index (χ4v) is 6.95. The van der Waals surface area contributed by atoms with E-state index >= 15 is 0 Å². The molecule has 0 amide bonds. The molecule has 1 heterocycles. The van der Waals surface area contributed by atoms with Crippen LogP contribution in [-0.4, -0.2) is 34.3 Å². The van der Waals surface area contributed by atoms with Crippen molar-refractivity contribution in [1.82, 2.24) is 15.0 Å². The molecule has 1 N–H and O–H groups in total. The first-order chi connectivity index (χ1) is 19.7. The summed E-state index contributed by atoms with van der Waals surface area (Å²) >= 11 is 0. The first kappa shape index (κ1) is 33.8. The van der Waals surface area contributed by atoms with Gasteiger partial charge in [0.1, 0.15) is 27.4 Å². The van der Waals surface area contributed by atoms with Gasteiger partial charge in [0.25, 0.3) is 0 Å². The van der Waals surface area contributed by atoms with Crippen LogP contribution in [0.1, 0.15) is 129 Å². The molecule has 3 aromatic rings. The molecule has 0 aliphatic carbocycles. The summed E-state index contributed by atoms with van der Waals surface area (Å²) in [6.45, 7) is 18.5. The molecule has 0 saturated carbocycles. The number of fused-ring (bicyclic) bond motifs is 1. The summed E-state index contributed by atoms with van der Waals surface area (Å²) < 4.78 is 27.1. The van der Waals surface area contributed by atoms with E-state index in [4.69, 9.17) is 5.10 Å². The average Bonchev–Trinajstić information content (AvgIpc) is 3.32. The van der Waals surface area contributed by atoms with Gasteiger partial charge in [-0.2, -0.15) is 0 Å². The van der Waals surface area contributed by atoms with E-state index < -0.39 is 9.84 Å². The Kier molecular flexibility index (Phi) is 11.4. The minimum Gasteiger partial charge on any atom is -0.505 e. The summed E-state index contributed by atoms with van der Waals surface area (Å²) in [6, 6.07) is 7.70. The summed E-state index contributed by atoms with van der Waals surface area (Å²) in [7, 11) is -3.67. The van der Waals surface area contributed by atoms with Crippen molar-refractivity contribution in [2.45, 2.75) is 135 Å². The normalized spacial score (nSPS) is 12.7. The second kappa shape index (κ2) is 14.2. The molecular formula is C35H53N3O3S. The number of hydrogen-bond donors (Lipinski definition) is 1. The zero-order chi connectivity index (χ0) is 31.1. The molecule has 3 rings (SSSR count). The van der Waals surface area contributed by atoms with E-state index in [2.05, 4.69) is 60.1 Å². The van der Waals surface area contributed by atoms with Crippen molar-refractivity contribution in [3.8, 4) is 11.4 Å². The molecule has 1 aromatic heterocycles. The summed E-state index contributed by atoms with van der Waals surface area (Å²) in [6.07, 6.45) is 14.4. The predicted octanol–water partition coefficient (Wildman–Crippen LogP) is 9.14. The molecule has 7 heteroatoms. The van der Waals surface area contributed by atoms with E-state index in [0.717, 1.165) is 29.5 Å². The van der Waals surface area contributed by atoms with Crippen LogP contribution in [0.25, 0.3) is 16.7 Å². The van der Waals surface area contributed by atoms with Crippen LogP contribution in [0.3, 0.4) is 0 Å². The lowest BCUT2D eigenvalue weighted by molar-refractivity contribution is 0.438. The van der Waals surface area contributed by atoms with Crippen LogP contribution in [0.5, 0.6) is 5.75 Å². The second-order valence-corrected chi connectivity index (χ2v) is 15.8. The van der Waals surface area contributed by atoms with Crippen molar-refractivity contribution < 1.29 is 13.5 Å². The van der Waals surface area contributed by atoms with Gasteiger partial charge in [-0.3, -0.25) is 0 Å². The standard InChI is InChI=1S/C35H53N3O3S/c1-9-11-12-13-14-15-16-17-18-19-20-26-21-22-29-31(33(26)42(40,41)23-10-2)37-38(36-29)30-25-27(34(3,4)5)24-28(32(30)39)35(6,7)8/h10,21-22,24-25,39H,2,9,11-20,23H2,1,3-8H3. The molecule has 0 radical (unpaired) electrons. The third-order valence-corrected chi connectivity index (χ3v) is 9.77. The van der Waals surface area contributed by atoms with Crippen LogP contribution in [-0.2, 0) is 27.1 Å². The van der Waals surface area contributed by atoms with E-state index in [1.54, 1.807) is 0 Å². The monoisotopic (exact) mass is 595 g/mol. The minimum absolute atomic E-state index is 0.108. The number of sulfone groups is 1. The van der Waals surface area contributed by atoms with E-state index in [9.17, 15) is 13.5 Å². The number of nitrogens with zero attached hydrogens (tertiary/aromatic N) is 3. The first-order valence-corrected chi connectivity index (χ1v) is 17.5. The molecule has 0 fully saturated rings. The summed E-state index contributed by atoms with van der Waals surface area (Å²) in [5.41, 5.74) is 3.42. The van der Waals surface area contributed by atoms with Gasteiger partial charge in [-0.15, -0.1) is 21.6 Å². The topological polar surface area (TPSA) is 85.1 Å². The Morgan fingerprint density at radius 1 is 0.857 bits per heavy atom. The van der Waals surface area contributed by atoms with E-state index in [-0.39, 0.29) is 27.2 Å². The Hall–Kier alpha value is -2.67. The smallest absolute Gasteiger partial charge is 0.184 e. The van der Waals surface area contributed by atoms with Crippen molar-refractivity contribution in [2.24, 2.45) is 0 Å². The molecule has 0 aliphatic heterocycles. The van der Waals surface area contributed by atoms with Crippen molar-refractivity contribution >= 4 is 20.9 Å². The largest absolute Gasteiger partial charge is 0.505 e. The van der Waals surface area contributed by atoms with E-state index in [0.29, 0.717) is 23.1 Å². The third kappa shape index (κ3) is 8.46. The number of rotatable bonds is 15. The molecular weight excluding hydrogens is 542 g/mol. The fraction of sp³-hybridized carbons (Fsp3) is 0.600. The van der Waals surface area contributed by atoms with E-state index in [1.165, 1.54) is 62.2 Å². The molecule has 42 heavy (non-hydrogen) atoms. The van der Waals surface area contributed by atoms with Crippen LogP contribution in [0, 0.1) is 0 Å². The lowest BCUT2D eigenvalue weighted by Gasteiger charge is -2.27. The van der Waals surface area contributed by atoms with Crippen molar-refractivity contribution in [3.63, 3.8) is 0 Å². The highest BCUT2D eigenvalue weighted by molar-refractivity contribution is 7.91. The maximum atomic E-state index is 13.5. The van der Waals surface area contributed by atoms with Gasteiger partial charge in [-0.05, 0) is 46.9 Å². The van der Waals surface area contributed by atoms with E-state index in [1.807, 2.05) is 24.3 Å². The average molecular weight is 596 g/mol. The number of unbranched alkanes of at least 4 members (excludes halogenated alkanes) is 9. The lowest BCUT2D eigenvalue weighted by atomic mass is 9.80. The maximum Gasteiger partial charge on any atom is 0.184 e. The number of phenols is 1. The Labute approximate surface area is 254 Å². The zero-order valence-corrected chi connectivity index (χ0v) is 27.9. The number of aromatic nitrogens is 3. The quantitative estimate of drug-likeness (QED) is 0.140. The SMILES string of the molecule is C=CCS(=O)(=O)c1c(CCCCCCCCCCCC)ccc2nn(-c3cc(C(C)(C)C)cc(C(C)(C)C)c3O)nc12. The predicted molar refractivity (Wildman–Crippen MR) is 176 cm³/mol. The Balaban J connectivity index is 1.95. The summed E-state index contributed by atoms with van der Waals surface area (Å²) in [5.74, 6) is -0.0555. The number of aryl methyl sites for hydroxylation is 1. The van der Waals surface area contributed by atoms with Gasteiger partial charge >= 0.3 is 0 Å². The molecule has 0 unspecified atom stereocenters. The molecule has 6 nitrogen and oxygen atoms in total. The molecule has 0 spiro atoms. The van der Waals surface area contributed by atoms with Crippen molar-refractivity contribution in [2.75, 3.05) is 5.75 Å². The Morgan fingerprint density at radius 2 is 1.45 bits per heavy atom. The molecule has 2 aromatic carbocycles. The van der Waals surface area contributed by atoms with Crippen LogP contribution in [0.15, 0.2) is 41.8 Å². The lowest BCUT2D eigenvalue weighted by Crippen LogP contribution is -2.18. The molecule has 232 valence electrons. The summed E-state index contributed by atoms with van der Waals surface area (Å²) in [4.78, 5) is 1.64. The second-order valence-electron chi connectivity index (χ2n) is 13.8. The Bertz CT molecular complexity index is 1460. The highest BCUT2D eigenvalue weighted by atomic mass is 32.2. The molecule has 0 aliphatic rings. The highest BCUT2D eigenvalue weighted by Gasteiger charge is 2.28. The minimum atomic E-state index is -3.67. The van der Waals surface area contributed by atoms with Gasteiger partial charge in [-0.25, -0.2) is 8.42 Å². The third-order valence-electron chi connectivity index (χ3n) is 8.02. The van der Waals surface area contributed by atoms with Crippen LogP contribution >= 0.6 is 0 Å². The van der Waals surface area contributed by atoms with Gasteiger partial charge in [0, 0.05) is 5.56 Å². The van der Waals surface area contributed by atoms with Crippen LogP contribution in [0.4, 0.5) is 0 Å². The Morgan fingerprint density at radius 3 is 2.00 bits per heavy atom. The molecule has 0 atom stereocenters. The maximum absolute atomic E-state index is 13.5. The number of phenolic OH excluding ortho intramolecular Hbond substituents is 1. The zero-order valence-electron chi connectivity index (χ0n) is 27.1. The first-order valence-electron chi connectivity index (χ1n) is 15.8. The number of hydrogen-bond acceptors (Lipinski definition) is 5. The molecule has 0 bridgehead atoms. The van der Waals surface area contributed by atoms with Gasteiger partial charge < -0.3 is 5.11 Å². The molecule has 0 saturated heterocycles. The highest BCUT2D eigenvalue weighted by Crippen LogP contribution is 2.39. The van der Waals surface area contributed by atoms with Gasteiger partial charge in [0.15, 0.2) is 9.84 Å². The van der Waals surface area contributed by atoms with Gasteiger partial charge in [0.2, 0.25) is 0 Å². The fourth-order valence-electron chi connectivity index (χ4n) is 5.47. The number of aromatic hydroxyl groups is 1. The van der Waals surface area contributed by atoms with Crippen molar-refractivity contribution in [3.05, 3.63) is 53.6 Å².